The second kappa shape index (κ2) is 18.3. The van der Waals surface area contributed by atoms with Gasteiger partial charge in [-0.2, -0.15) is 0 Å². The monoisotopic (exact) mass is 678 g/mol. The van der Waals surface area contributed by atoms with Crippen LogP contribution in [-0.4, -0.2) is 88.2 Å². The van der Waals surface area contributed by atoms with Gasteiger partial charge in [0, 0.05) is 26.3 Å². The molecule has 1 aliphatic heterocycles. The van der Waals surface area contributed by atoms with Crippen molar-refractivity contribution in [2.24, 2.45) is 11.7 Å². The van der Waals surface area contributed by atoms with Crippen LogP contribution in [0.5, 0.6) is 0 Å². The Labute approximate surface area is 285 Å². The fraction of sp³-hybridized carbons (Fsp3) is 0.457. The van der Waals surface area contributed by atoms with E-state index in [0.717, 1.165) is 0 Å². The summed E-state index contributed by atoms with van der Waals surface area (Å²) in [7, 11) is 0. The number of nitrogens with two attached hydrogens (primary N) is 1. The minimum absolute atomic E-state index is 0.0196. The molecule has 0 aliphatic carbocycles. The number of hydrogen-bond acceptors (Lipinski definition) is 7. The average Bonchev–Trinajstić information content (AvgIpc) is 3.54. The van der Waals surface area contributed by atoms with Crippen LogP contribution in [0.4, 0.5) is 0 Å². The number of hydrogen-bond donors (Lipinski definition) is 6. The molecule has 0 saturated carbocycles. The molecule has 0 radical (unpaired) electrons. The predicted octanol–water partition coefficient (Wildman–Crippen LogP) is 0.428. The summed E-state index contributed by atoms with van der Waals surface area (Å²) in [5, 5.41) is 19.7. The number of aliphatic carboxylic acids is 1. The molecule has 1 saturated heterocycles. The fourth-order valence-corrected chi connectivity index (χ4v) is 5.77. The lowest BCUT2D eigenvalue weighted by atomic mass is 10.0. The molecule has 2 aromatic rings. The van der Waals surface area contributed by atoms with Gasteiger partial charge in [-0.15, -0.1) is 0 Å². The molecule has 49 heavy (non-hydrogen) atoms. The van der Waals surface area contributed by atoms with E-state index in [9.17, 15) is 38.7 Å². The molecule has 3 rings (SSSR count). The lowest BCUT2D eigenvalue weighted by Crippen LogP contribution is -2.59. The van der Waals surface area contributed by atoms with Gasteiger partial charge in [0.25, 0.3) is 0 Å². The van der Waals surface area contributed by atoms with Crippen molar-refractivity contribution in [3.05, 3.63) is 71.8 Å². The first-order valence-electron chi connectivity index (χ1n) is 16.3. The third kappa shape index (κ3) is 12.0. The van der Waals surface area contributed by atoms with E-state index in [1.54, 1.807) is 60.7 Å². The minimum atomic E-state index is -1.53. The van der Waals surface area contributed by atoms with Gasteiger partial charge in [-0.3, -0.25) is 33.6 Å². The third-order valence-corrected chi connectivity index (χ3v) is 8.09. The second-order valence-electron chi connectivity index (χ2n) is 12.6. The highest BCUT2D eigenvalue weighted by Crippen LogP contribution is 2.21. The Kier molecular flexibility index (Phi) is 14.3. The van der Waals surface area contributed by atoms with E-state index in [2.05, 4.69) is 21.3 Å². The number of rotatable bonds is 17. The Bertz CT molecular complexity index is 1490. The highest BCUT2D eigenvalue weighted by atomic mass is 16.4. The van der Waals surface area contributed by atoms with Gasteiger partial charge in [-0.05, 0) is 36.3 Å². The molecule has 0 bridgehead atoms. The SMILES string of the molecule is CC(=O)N[C@H](CC(C)C)C(=O)N1CCC[C@@H]1C(=O)N[C@H](Cc1ccccc1)C(=O)N[C@H](Cc1ccccc1)C(=O)N[C@@H](CC(=O)O)C(N)=O. The molecule has 6 amide bonds. The first-order chi connectivity index (χ1) is 23.2. The number of carboxylic acid groups (broad SMARTS) is 1. The van der Waals surface area contributed by atoms with E-state index in [1.807, 2.05) is 13.8 Å². The zero-order valence-corrected chi connectivity index (χ0v) is 28.0. The zero-order valence-electron chi connectivity index (χ0n) is 28.0. The van der Waals surface area contributed by atoms with E-state index in [1.165, 1.54) is 11.8 Å². The van der Waals surface area contributed by atoms with Gasteiger partial charge in [0.05, 0.1) is 6.42 Å². The molecule has 1 heterocycles. The molecule has 14 heteroatoms. The van der Waals surface area contributed by atoms with Crippen LogP contribution < -0.4 is 27.0 Å². The van der Waals surface area contributed by atoms with Crippen molar-refractivity contribution < 1.29 is 38.7 Å². The Morgan fingerprint density at radius 2 is 1.29 bits per heavy atom. The third-order valence-electron chi connectivity index (χ3n) is 8.09. The first kappa shape index (κ1) is 38.2. The number of likely N-dealkylation sites (tertiary alicyclic amines) is 1. The summed E-state index contributed by atoms with van der Waals surface area (Å²) in [6.45, 7) is 5.48. The van der Waals surface area contributed by atoms with Crippen LogP contribution in [0.15, 0.2) is 60.7 Å². The van der Waals surface area contributed by atoms with Crippen molar-refractivity contribution in [2.45, 2.75) is 89.5 Å². The van der Waals surface area contributed by atoms with Crippen LogP contribution in [0, 0.1) is 5.92 Å². The summed E-state index contributed by atoms with van der Waals surface area (Å²) >= 11 is 0. The molecule has 0 spiro atoms. The van der Waals surface area contributed by atoms with E-state index in [-0.39, 0.29) is 30.6 Å². The minimum Gasteiger partial charge on any atom is -0.481 e. The second-order valence-corrected chi connectivity index (χ2v) is 12.6. The molecule has 14 nitrogen and oxygen atoms in total. The Balaban J connectivity index is 1.87. The summed E-state index contributed by atoms with van der Waals surface area (Å²) in [5.41, 5.74) is 6.71. The van der Waals surface area contributed by atoms with Crippen molar-refractivity contribution >= 4 is 41.4 Å². The number of nitrogens with one attached hydrogen (secondary N) is 4. The molecule has 5 atom stereocenters. The van der Waals surface area contributed by atoms with Crippen molar-refractivity contribution in [3.8, 4) is 0 Å². The van der Waals surface area contributed by atoms with Crippen LogP contribution >= 0.6 is 0 Å². The summed E-state index contributed by atoms with van der Waals surface area (Å²) in [5.74, 6) is -5.17. The van der Waals surface area contributed by atoms with Gasteiger partial charge in [0.1, 0.15) is 30.2 Å². The summed E-state index contributed by atoms with van der Waals surface area (Å²) in [4.78, 5) is 91.3. The van der Waals surface area contributed by atoms with Gasteiger partial charge in [-0.1, -0.05) is 74.5 Å². The number of primary amides is 1. The fourth-order valence-electron chi connectivity index (χ4n) is 5.77. The van der Waals surface area contributed by atoms with Crippen LogP contribution in [0.3, 0.4) is 0 Å². The Morgan fingerprint density at radius 3 is 1.76 bits per heavy atom. The maximum atomic E-state index is 13.9. The standard InChI is InChI=1S/C35H46N6O8/c1-21(2)17-28(37-22(3)42)35(49)41-16-10-15-29(41)34(48)40-27(19-24-13-8-5-9-14-24)33(47)39-26(18-23-11-6-4-7-12-23)32(46)38-25(31(36)45)20-30(43)44/h4-9,11-14,21,25-29H,10,15-20H2,1-3H3,(H2,36,45)(H,37,42)(H,38,46)(H,39,47)(H,40,48)(H,43,44)/t25-,26+,27+,28+,29+/m0/s1. The Hall–Kier alpha value is -5.27. The van der Waals surface area contributed by atoms with Crippen LogP contribution in [-0.2, 0) is 46.4 Å². The maximum Gasteiger partial charge on any atom is 0.305 e. The highest BCUT2D eigenvalue weighted by molar-refractivity contribution is 5.97. The smallest absolute Gasteiger partial charge is 0.305 e. The van der Waals surface area contributed by atoms with Crippen LogP contribution in [0.1, 0.15) is 57.6 Å². The number of nitrogens with zero attached hydrogens (tertiary/aromatic N) is 1. The highest BCUT2D eigenvalue weighted by Gasteiger charge is 2.39. The van der Waals surface area contributed by atoms with Crippen molar-refractivity contribution in [3.63, 3.8) is 0 Å². The molecular formula is C35H46N6O8. The normalized spacial score (nSPS) is 16.5. The van der Waals surface area contributed by atoms with Crippen molar-refractivity contribution in [1.82, 2.24) is 26.2 Å². The summed E-state index contributed by atoms with van der Waals surface area (Å²) in [6, 6.07) is 11.9. The Morgan fingerprint density at radius 1 is 0.776 bits per heavy atom. The van der Waals surface area contributed by atoms with Crippen molar-refractivity contribution in [1.29, 1.82) is 0 Å². The van der Waals surface area contributed by atoms with E-state index in [4.69, 9.17) is 5.73 Å². The first-order valence-corrected chi connectivity index (χ1v) is 16.3. The van der Waals surface area contributed by atoms with Gasteiger partial charge in [0.15, 0.2) is 0 Å². The lowest BCUT2D eigenvalue weighted by molar-refractivity contribution is -0.142. The number of amides is 6. The quantitative estimate of drug-likeness (QED) is 0.138. The molecule has 0 unspecified atom stereocenters. The molecule has 264 valence electrons. The van der Waals surface area contributed by atoms with E-state index < -0.39 is 66.2 Å². The molecule has 2 aromatic carbocycles. The number of carboxylic acids is 1. The maximum absolute atomic E-state index is 13.9. The van der Waals surface area contributed by atoms with Gasteiger partial charge >= 0.3 is 5.97 Å². The van der Waals surface area contributed by atoms with Gasteiger partial charge in [-0.25, -0.2) is 0 Å². The van der Waals surface area contributed by atoms with E-state index >= 15 is 0 Å². The van der Waals surface area contributed by atoms with E-state index in [0.29, 0.717) is 36.9 Å². The predicted molar refractivity (Wildman–Crippen MR) is 179 cm³/mol. The molecule has 1 fully saturated rings. The largest absolute Gasteiger partial charge is 0.481 e. The van der Waals surface area contributed by atoms with Crippen molar-refractivity contribution in [2.75, 3.05) is 6.54 Å². The zero-order chi connectivity index (χ0) is 36.1. The van der Waals surface area contributed by atoms with Crippen LogP contribution in [0.25, 0.3) is 0 Å². The van der Waals surface area contributed by atoms with Gasteiger partial charge in [0.2, 0.25) is 35.4 Å². The number of benzene rings is 2. The van der Waals surface area contributed by atoms with Gasteiger partial charge < -0.3 is 37.0 Å². The topological polar surface area (TPSA) is 217 Å². The number of carbonyl (C=O) groups is 7. The molecule has 7 N–H and O–H groups in total. The molecule has 1 aliphatic rings. The molecular weight excluding hydrogens is 632 g/mol. The number of carbonyl (C=O) groups excluding carboxylic acids is 6. The molecule has 0 aromatic heterocycles. The lowest BCUT2D eigenvalue weighted by Gasteiger charge is -2.30. The van der Waals surface area contributed by atoms with Crippen LogP contribution in [0.2, 0.25) is 0 Å². The summed E-state index contributed by atoms with van der Waals surface area (Å²) < 4.78 is 0. The average molecular weight is 679 g/mol. The summed E-state index contributed by atoms with van der Waals surface area (Å²) in [6.07, 6.45) is 0.553.